The van der Waals surface area contributed by atoms with Crippen molar-refractivity contribution in [3.8, 4) is 0 Å². The van der Waals surface area contributed by atoms with Crippen LogP contribution in [-0.4, -0.2) is 21.5 Å². The molecular formula is C7H7F2N5. The normalized spacial score (nSPS) is 15.9. The first-order chi connectivity index (χ1) is 6.68. The van der Waals surface area contributed by atoms with Crippen LogP contribution in [0.3, 0.4) is 0 Å². The second kappa shape index (κ2) is 3.17. The molecule has 74 valence electrons. The molecule has 1 aliphatic heterocycles. The molecule has 2 heterocycles. The van der Waals surface area contributed by atoms with Crippen molar-refractivity contribution in [1.82, 2.24) is 9.78 Å². The van der Waals surface area contributed by atoms with E-state index in [1.165, 1.54) is 12.3 Å². The van der Waals surface area contributed by atoms with E-state index in [-0.39, 0.29) is 12.1 Å². The van der Waals surface area contributed by atoms with Gasteiger partial charge in [0.1, 0.15) is 11.5 Å². The third kappa shape index (κ3) is 1.36. The van der Waals surface area contributed by atoms with Crippen LogP contribution in [0.2, 0.25) is 0 Å². The SMILES string of the molecule is NC1=NN=C(n2nccc2C(F)F)C1. The van der Waals surface area contributed by atoms with Crippen LogP contribution in [0.25, 0.3) is 0 Å². The number of amidine groups is 1. The van der Waals surface area contributed by atoms with Gasteiger partial charge in [-0.1, -0.05) is 0 Å². The first kappa shape index (κ1) is 8.79. The molecule has 2 N–H and O–H groups in total. The zero-order chi connectivity index (χ0) is 10.1. The predicted molar refractivity (Wildman–Crippen MR) is 46.3 cm³/mol. The molecule has 0 aliphatic carbocycles. The summed E-state index contributed by atoms with van der Waals surface area (Å²) in [5.74, 6) is 0.624. The maximum atomic E-state index is 12.4. The third-order valence-corrected chi connectivity index (χ3v) is 1.77. The highest BCUT2D eigenvalue weighted by Crippen LogP contribution is 2.18. The summed E-state index contributed by atoms with van der Waals surface area (Å²) in [7, 11) is 0. The minimum atomic E-state index is -2.58. The van der Waals surface area contributed by atoms with Gasteiger partial charge in [0.15, 0.2) is 5.84 Å². The topological polar surface area (TPSA) is 68.6 Å². The minimum Gasteiger partial charge on any atom is -0.385 e. The molecular weight excluding hydrogens is 192 g/mol. The highest BCUT2D eigenvalue weighted by Gasteiger charge is 2.19. The summed E-state index contributed by atoms with van der Waals surface area (Å²) in [6.45, 7) is 0. The Hall–Kier alpha value is -1.79. The molecule has 1 aromatic rings. The van der Waals surface area contributed by atoms with Gasteiger partial charge in [0, 0.05) is 6.20 Å². The Morgan fingerprint density at radius 2 is 2.21 bits per heavy atom. The number of aromatic nitrogens is 2. The van der Waals surface area contributed by atoms with Gasteiger partial charge in [-0.25, -0.2) is 13.5 Å². The largest absolute Gasteiger partial charge is 0.385 e. The van der Waals surface area contributed by atoms with Crippen LogP contribution in [0.5, 0.6) is 0 Å². The molecule has 7 heteroatoms. The summed E-state index contributed by atoms with van der Waals surface area (Å²) >= 11 is 0. The van der Waals surface area contributed by atoms with Gasteiger partial charge in [-0.15, -0.1) is 10.2 Å². The van der Waals surface area contributed by atoms with Crippen LogP contribution in [0.1, 0.15) is 18.5 Å². The Balaban J connectivity index is 2.30. The fraction of sp³-hybridized carbons (Fsp3) is 0.286. The summed E-state index contributed by atoms with van der Waals surface area (Å²) in [6.07, 6.45) is -1.04. The van der Waals surface area contributed by atoms with E-state index in [9.17, 15) is 8.78 Å². The van der Waals surface area contributed by atoms with E-state index in [2.05, 4.69) is 15.3 Å². The first-order valence-corrected chi connectivity index (χ1v) is 3.90. The number of rotatable bonds is 1. The summed E-state index contributed by atoms with van der Waals surface area (Å²) in [4.78, 5) is 0. The van der Waals surface area contributed by atoms with Crippen molar-refractivity contribution in [3.63, 3.8) is 0 Å². The smallest absolute Gasteiger partial charge is 0.280 e. The maximum absolute atomic E-state index is 12.4. The molecule has 14 heavy (non-hydrogen) atoms. The van der Waals surface area contributed by atoms with Gasteiger partial charge in [0.25, 0.3) is 6.43 Å². The van der Waals surface area contributed by atoms with E-state index in [1.54, 1.807) is 0 Å². The Morgan fingerprint density at radius 1 is 1.43 bits per heavy atom. The van der Waals surface area contributed by atoms with Crippen LogP contribution in [0, 0.1) is 0 Å². The molecule has 1 aromatic heterocycles. The van der Waals surface area contributed by atoms with Crippen molar-refractivity contribution in [1.29, 1.82) is 0 Å². The van der Waals surface area contributed by atoms with Gasteiger partial charge in [-0.2, -0.15) is 5.10 Å². The molecule has 0 amide bonds. The summed E-state index contributed by atoms with van der Waals surface area (Å²) < 4.78 is 25.9. The fourth-order valence-corrected chi connectivity index (χ4v) is 1.17. The number of nitrogens with two attached hydrogens (primary N) is 1. The van der Waals surface area contributed by atoms with Crippen molar-refractivity contribution >= 4 is 11.7 Å². The van der Waals surface area contributed by atoms with Gasteiger partial charge in [0.05, 0.1) is 6.42 Å². The number of alkyl halides is 2. The van der Waals surface area contributed by atoms with E-state index in [4.69, 9.17) is 5.73 Å². The highest BCUT2D eigenvalue weighted by molar-refractivity contribution is 6.05. The fourth-order valence-electron chi connectivity index (χ4n) is 1.17. The molecule has 0 fully saturated rings. The average Bonchev–Trinajstić information content (AvgIpc) is 2.70. The molecule has 2 rings (SSSR count). The third-order valence-electron chi connectivity index (χ3n) is 1.77. The zero-order valence-electron chi connectivity index (χ0n) is 7.06. The van der Waals surface area contributed by atoms with Gasteiger partial charge in [-0.3, -0.25) is 0 Å². The van der Waals surface area contributed by atoms with Crippen LogP contribution < -0.4 is 5.73 Å². The zero-order valence-corrected chi connectivity index (χ0v) is 7.06. The van der Waals surface area contributed by atoms with Crippen molar-refractivity contribution in [3.05, 3.63) is 18.0 Å². The van der Waals surface area contributed by atoms with Crippen LogP contribution in [0.15, 0.2) is 22.5 Å². The molecule has 0 bridgehead atoms. The van der Waals surface area contributed by atoms with E-state index in [1.807, 2.05) is 0 Å². The molecule has 5 nitrogen and oxygen atoms in total. The van der Waals surface area contributed by atoms with Crippen LogP contribution >= 0.6 is 0 Å². The van der Waals surface area contributed by atoms with E-state index in [0.29, 0.717) is 11.7 Å². The Labute approximate surface area is 77.9 Å². The molecule has 0 radical (unpaired) electrons. The summed E-state index contributed by atoms with van der Waals surface area (Å²) in [6, 6.07) is 1.24. The number of hydrogen-bond donors (Lipinski definition) is 1. The minimum absolute atomic E-state index is 0.200. The molecule has 0 saturated carbocycles. The van der Waals surface area contributed by atoms with Gasteiger partial charge in [0.2, 0.25) is 0 Å². The van der Waals surface area contributed by atoms with Crippen LogP contribution in [0.4, 0.5) is 8.78 Å². The van der Waals surface area contributed by atoms with Crippen LogP contribution in [-0.2, 0) is 0 Å². The van der Waals surface area contributed by atoms with Gasteiger partial charge >= 0.3 is 0 Å². The highest BCUT2D eigenvalue weighted by atomic mass is 19.3. The molecule has 0 saturated heterocycles. The number of halogens is 2. The second-order valence-electron chi connectivity index (χ2n) is 2.75. The Kier molecular flexibility index (Phi) is 1.99. The molecule has 0 spiro atoms. The van der Waals surface area contributed by atoms with Gasteiger partial charge in [-0.05, 0) is 6.07 Å². The van der Waals surface area contributed by atoms with Gasteiger partial charge < -0.3 is 5.73 Å². The van der Waals surface area contributed by atoms with Crippen molar-refractivity contribution < 1.29 is 8.78 Å². The standard InChI is InChI=1S/C7H7F2N5/c8-7(9)4-1-2-11-14(4)6-3-5(10)12-13-6/h1-2,7H,3H2,(H2,10,12). The monoisotopic (exact) mass is 199 g/mol. The molecule has 0 unspecified atom stereocenters. The predicted octanol–water partition coefficient (Wildman–Crippen LogP) is 0.743. The van der Waals surface area contributed by atoms with E-state index in [0.717, 1.165) is 4.68 Å². The quantitative estimate of drug-likeness (QED) is 0.724. The lowest BCUT2D eigenvalue weighted by Crippen LogP contribution is -2.20. The lowest BCUT2D eigenvalue weighted by molar-refractivity contribution is 0.143. The average molecular weight is 199 g/mol. The van der Waals surface area contributed by atoms with E-state index < -0.39 is 6.43 Å². The number of nitrogens with zero attached hydrogens (tertiary/aromatic N) is 4. The summed E-state index contributed by atoms with van der Waals surface area (Å²) in [5.41, 5.74) is 5.16. The second-order valence-corrected chi connectivity index (χ2v) is 2.75. The Bertz CT molecular complexity index is 406. The maximum Gasteiger partial charge on any atom is 0.280 e. The van der Waals surface area contributed by atoms with Crippen molar-refractivity contribution in [2.45, 2.75) is 12.8 Å². The van der Waals surface area contributed by atoms with Crippen molar-refractivity contribution in [2.24, 2.45) is 15.9 Å². The molecule has 0 aromatic carbocycles. The lowest BCUT2D eigenvalue weighted by Gasteiger charge is -2.04. The lowest BCUT2D eigenvalue weighted by atomic mass is 10.3. The van der Waals surface area contributed by atoms with E-state index >= 15 is 0 Å². The van der Waals surface area contributed by atoms with Crippen molar-refractivity contribution in [2.75, 3.05) is 0 Å². The molecule has 0 atom stereocenters. The Morgan fingerprint density at radius 3 is 2.79 bits per heavy atom. The number of hydrogen-bond acceptors (Lipinski definition) is 4. The first-order valence-electron chi connectivity index (χ1n) is 3.90. The summed E-state index contributed by atoms with van der Waals surface area (Å²) in [5, 5.41) is 10.9. The molecule has 1 aliphatic rings.